The first-order valence-electron chi connectivity index (χ1n) is 3.09. The van der Waals surface area contributed by atoms with Gasteiger partial charge in [-0.3, -0.25) is 10.4 Å². The first-order chi connectivity index (χ1) is 5.13. The summed E-state index contributed by atoms with van der Waals surface area (Å²) in [6.07, 6.45) is 3.53. The monoisotopic (exact) mass is 169 g/mol. The van der Waals surface area contributed by atoms with E-state index in [4.69, 9.17) is 11.1 Å². The van der Waals surface area contributed by atoms with Crippen molar-refractivity contribution in [3.63, 3.8) is 0 Å². The molecule has 0 spiro atoms. The van der Waals surface area contributed by atoms with Gasteiger partial charge in [-0.15, -0.1) is 9.24 Å². The Morgan fingerprint density at radius 2 is 1.91 bits per heavy atom. The summed E-state index contributed by atoms with van der Waals surface area (Å²) in [5.74, 6) is 0.167. The first kappa shape index (κ1) is 10.0. The Labute approximate surface area is 68.7 Å². The molecule has 0 aliphatic carbocycles. The van der Waals surface area contributed by atoms with Crippen LogP contribution >= 0.6 is 9.24 Å². The maximum absolute atomic E-state index is 6.28. The summed E-state index contributed by atoms with van der Waals surface area (Å²) in [7, 11) is 2.59. The molecule has 3 nitrogen and oxygen atoms in total. The topological polar surface area (TPSA) is 62.8 Å². The molecule has 1 aromatic heterocycles. The Kier molecular flexibility index (Phi) is 5.30. The molecule has 11 heavy (non-hydrogen) atoms. The summed E-state index contributed by atoms with van der Waals surface area (Å²) in [6, 6.07) is 3.87. The number of aromatic nitrogens is 1. The largest absolute Gasteiger partial charge is 0.388 e. The summed E-state index contributed by atoms with van der Waals surface area (Å²) in [6.45, 7) is 1.53. The van der Waals surface area contributed by atoms with Gasteiger partial charge in [-0.05, 0) is 24.4 Å². The van der Waals surface area contributed by atoms with Crippen LogP contribution in [-0.2, 0) is 0 Å². The highest BCUT2D eigenvalue weighted by molar-refractivity contribution is 7.27. The van der Waals surface area contributed by atoms with Crippen LogP contribution in [0.25, 0.3) is 0 Å². The van der Waals surface area contributed by atoms with E-state index in [9.17, 15) is 0 Å². The number of hydrogen-bond donors (Lipinski definition) is 2. The molecule has 0 bridgehead atoms. The Hall–Kier alpha value is -0.950. The Balaban J connectivity index is 0.000000218. The summed E-state index contributed by atoms with van der Waals surface area (Å²) >= 11 is 0. The lowest BCUT2D eigenvalue weighted by Crippen LogP contribution is -2.00. The lowest BCUT2D eigenvalue weighted by Gasteiger charge is -1.82. The van der Waals surface area contributed by atoms with Crippen LogP contribution < -0.4 is 11.0 Å². The third kappa shape index (κ3) is 9.05. The van der Waals surface area contributed by atoms with Gasteiger partial charge in [0.1, 0.15) is 0 Å². The van der Waals surface area contributed by atoms with Crippen molar-refractivity contribution in [3.05, 3.63) is 24.5 Å². The predicted molar refractivity (Wildman–Crippen MR) is 51.2 cm³/mol. The van der Waals surface area contributed by atoms with Crippen LogP contribution in [0.4, 0.5) is 0 Å². The van der Waals surface area contributed by atoms with Crippen LogP contribution in [0.15, 0.2) is 24.5 Å². The van der Waals surface area contributed by atoms with Gasteiger partial charge in [0.2, 0.25) is 0 Å². The van der Waals surface area contributed by atoms with Crippen LogP contribution in [0.1, 0.15) is 6.92 Å². The van der Waals surface area contributed by atoms with E-state index >= 15 is 0 Å². The van der Waals surface area contributed by atoms with E-state index < -0.39 is 0 Å². The fourth-order valence-corrected chi connectivity index (χ4v) is 0.536. The van der Waals surface area contributed by atoms with Crippen molar-refractivity contribution in [1.29, 1.82) is 5.41 Å². The highest BCUT2D eigenvalue weighted by Gasteiger charge is 1.73. The fraction of sp³-hybridized carbons (Fsp3) is 0.143. The van der Waals surface area contributed by atoms with E-state index in [0.717, 1.165) is 0 Å². The summed E-state index contributed by atoms with van der Waals surface area (Å²) in [5, 5.41) is 7.45. The van der Waals surface area contributed by atoms with Crippen LogP contribution in [0.5, 0.6) is 0 Å². The zero-order chi connectivity index (χ0) is 8.69. The Morgan fingerprint density at radius 3 is 2.09 bits per heavy atom. The van der Waals surface area contributed by atoms with Crippen molar-refractivity contribution in [2.24, 2.45) is 5.73 Å². The van der Waals surface area contributed by atoms with E-state index in [2.05, 4.69) is 14.2 Å². The summed E-state index contributed by atoms with van der Waals surface area (Å²) < 4.78 is 0. The summed E-state index contributed by atoms with van der Waals surface area (Å²) in [5.41, 5.74) is 4.69. The lowest BCUT2D eigenvalue weighted by atomic mass is 10.5. The van der Waals surface area contributed by atoms with Gasteiger partial charge in [0.05, 0.1) is 5.84 Å². The van der Waals surface area contributed by atoms with Gasteiger partial charge in [0, 0.05) is 12.4 Å². The lowest BCUT2D eigenvalue weighted by molar-refractivity contribution is 1.34. The average molecular weight is 169 g/mol. The van der Waals surface area contributed by atoms with E-state index in [1.54, 1.807) is 12.4 Å². The van der Waals surface area contributed by atoms with Crippen molar-refractivity contribution in [2.75, 3.05) is 0 Å². The van der Waals surface area contributed by atoms with Crippen molar-refractivity contribution in [1.82, 2.24) is 4.98 Å². The minimum absolute atomic E-state index is 0.167. The third-order valence-electron chi connectivity index (χ3n) is 0.706. The van der Waals surface area contributed by atoms with Gasteiger partial charge in [-0.2, -0.15) is 0 Å². The molecule has 0 fully saturated rings. The van der Waals surface area contributed by atoms with Crippen LogP contribution in [0.2, 0.25) is 0 Å². The predicted octanol–water partition coefficient (Wildman–Crippen LogP) is 0.524. The number of nitrogens with two attached hydrogens (primary N) is 1. The molecule has 4 heteroatoms. The molecular weight excluding hydrogens is 157 g/mol. The molecule has 60 valence electrons. The quantitative estimate of drug-likeness (QED) is 0.338. The molecule has 1 heterocycles. The molecule has 1 aromatic rings. The van der Waals surface area contributed by atoms with Gasteiger partial charge in [-0.1, -0.05) is 0 Å². The van der Waals surface area contributed by atoms with Crippen molar-refractivity contribution < 1.29 is 0 Å². The van der Waals surface area contributed by atoms with E-state index in [0.29, 0.717) is 0 Å². The van der Waals surface area contributed by atoms with Crippen molar-refractivity contribution >= 4 is 20.4 Å². The van der Waals surface area contributed by atoms with Crippen LogP contribution in [-0.4, -0.2) is 10.8 Å². The second-order valence-electron chi connectivity index (χ2n) is 1.96. The molecule has 1 unspecified atom stereocenters. The molecule has 0 aliphatic rings. The SMILES string of the molecule is CC(=N)N.Pc1ccncc1. The average Bonchev–Trinajstić information content (AvgIpc) is 1.87. The highest BCUT2D eigenvalue weighted by Crippen LogP contribution is 1.82. The minimum atomic E-state index is 0.167. The normalized spacial score (nSPS) is 7.82. The number of amidine groups is 1. The maximum atomic E-state index is 6.28. The number of nitrogens with zero attached hydrogens (tertiary/aromatic N) is 1. The maximum Gasteiger partial charge on any atom is 0.0873 e. The van der Waals surface area contributed by atoms with Gasteiger partial charge in [0.25, 0.3) is 0 Å². The molecule has 0 saturated carbocycles. The molecule has 1 atom stereocenters. The highest BCUT2D eigenvalue weighted by atomic mass is 31.0. The first-order valence-corrected chi connectivity index (χ1v) is 3.67. The van der Waals surface area contributed by atoms with E-state index in [-0.39, 0.29) is 5.84 Å². The summed E-state index contributed by atoms with van der Waals surface area (Å²) in [4.78, 5) is 3.83. The smallest absolute Gasteiger partial charge is 0.0873 e. The Bertz CT molecular complexity index is 206. The van der Waals surface area contributed by atoms with Crippen LogP contribution in [0.3, 0.4) is 0 Å². The van der Waals surface area contributed by atoms with Crippen LogP contribution in [0, 0.1) is 5.41 Å². The zero-order valence-electron chi connectivity index (χ0n) is 6.41. The van der Waals surface area contributed by atoms with E-state index in [1.165, 1.54) is 12.2 Å². The molecule has 3 N–H and O–H groups in total. The molecular formula is C7H12N3P. The molecule has 0 aliphatic heterocycles. The van der Waals surface area contributed by atoms with E-state index in [1.807, 2.05) is 12.1 Å². The fourth-order valence-electron chi connectivity index (χ4n) is 0.363. The molecule has 1 rings (SSSR count). The zero-order valence-corrected chi connectivity index (χ0v) is 7.57. The number of nitrogens with one attached hydrogen (secondary N) is 1. The molecule has 0 saturated heterocycles. The standard InChI is InChI=1S/C5H6NP.C2H6N2/c7-5-1-3-6-4-2-5;1-2(3)4/h1-4H,7H2;1H3,(H3,3,4). The molecule has 0 amide bonds. The van der Waals surface area contributed by atoms with Gasteiger partial charge >= 0.3 is 0 Å². The molecule has 0 aromatic carbocycles. The minimum Gasteiger partial charge on any atom is -0.388 e. The van der Waals surface area contributed by atoms with Gasteiger partial charge in [-0.25, -0.2) is 0 Å². The van der Waals surface area contributed by atoms with Crippen molar-refractivity contribution in [3.8, 4) is 0 Å². The second kappa shape index (κ2) is 5.81. The van der Waals surface area contributed by atoms with Gasteiger partial charge < -0.3 is 5.73 Å². The molecule has 0 radical (unpaired) electrons. The Morgan fingerprint density at radius 1 is 1.55 bits per heavy atom. The van der Waals surface area contributed by atoms with Gasteiger partial charge in [0.15, 0.2) is 0 Å². The second-order valence-corrected chi connectivity index (χ2v) is 2.63. The number of hydrogen-bond acceptors (Lipinski definition) is 2. The number of rotatable bonds is 0. The van der Waals surface area contributed by atoms with Crippen molar-refractivity contribution in [2.45, 2.75) is 6.92 Å². The third-order valence-corrected chi connectivity index (χ3v) is 1.09. The number of pyridine rings is 1.